The van der Waals surface area contributed by atoms with Crippen LogP contribution in [0.15, 0.2) is 27.0 Å². The number of β-lactam (4-membered cyclic amide) rings is 1. The summed E-state index contributed by atoms with van der Waals surface area (Å²) in [7, 11) is -0.717. The fourth-order valence-corrected chi connectivity index (χ4v) is 7.27. The molecule has 0 spiro atoms. The average molecular weight is 590 g/mol. The van der Waals surface area contributed by atoms with Gasteiger partial charge in [0.25, 0.3) is 11.8 Å². The lowest BCUT2D eigenvalue weighted by atomic mass is 10.0. The number of aromatic nitrogens is 5. The van der Waals surface area contributed by atoms with Crippen LogP contribution in [-0.2, 0) is 36.3 Å². The molecule has 2 aliphatic rings. The maximum absolute atomic E-state index is 13.0. The number of rotatable bonds is 10. The minimum Gasteiger partial charge on any atom is -0.477 e. The minimum atomic E-state index is -3.58. The second-order valence-corrected chi connectivity index (χ2v) is 12.2. The number of aliphatic carboxylic acids is 1. The number of thioether (sulfide) groups is 2. The zero-order valence-electron chi connectivity index (χ0n) is 19.3. The van der Waals surface area contributed by atoms with Crippen LogP contribution >= 0.6 is 34.9 Å². The maximum atomic E-state index is 13.0. The number of aryl methyl sites for hydroxylation is 1. The van der Waals surface area contributed by atoms with Crippen LogP contribution in [0.25, 0.3) is 0 Å². The van der Waals surface area contributed by atoms with Crippen molar-refractivity contribution >= 4 is 73.5 Å². The maximum Gasteiger partial charge on any atom is 0.352 e. The van der Waals surface area contributed by atoms with E-state index in [1.807, 2.05) is 0 Å². The molecule has 198 valence electrons. The van der Waals surface area contributed by atoms with Crippen LogP contribution < -0.4 is 10.0 Å². The van der Waals surface area contributed by atoms with Crippen LogP contribution in [0.3, 0.4) is 0 Å². The first kappa shape index (κ1) is 26.8. The molecule has 3 N–H and O–H groups in total. The second kappa shape index (κ2) is 10.6. The van der Waals surface area contributed by atoms with E-state index >= 15 is 0 Å². The Labute approximate surface area is 221 Å². The van der Waals surface area contributed by atoms with Gasteiger partial charge in [-0.15, -0.1) is 28.2 Å². The fourth-order valence-electron chi connectivity index (χ4n) is 3.38. The first-order chi connectivity index (χ1) is 17.5. The van der Waals surface area contributed by atoms with Gasteiger partial charge in [-0.1, -0.05) is 16.9 Å². The first-order valence-electron chi connectivity index (χ1n) is 10.1. The molecule has 0 bridgehead atoms. The summed E-state index contributed by atoms with van der Waals surface area (Å²) in [5.74, 6) is -2.08. The highest BCUT2D eigenvalue weighted by Crippen LogP contribution is 2.41. The standard InChI is InChI=1S/C17H19N9O7S4/c1-25-17(20-23-24-25)36-5-7-4-34-14-10(13(28)26(14)11(7)15(29)30)19-12(27)9(21-33-2)8-6-35-16(18-8)22-37(3,31)32/h6,10,14H,4-5H2,1-3H3,(H,18,22)(H,19,27)(H,29,30)/b21-9+/t10?,14-/m1/s1. The molecule has 0 saturated carbocycles. The Bertz CT molecular complexity index is 1420. The first-order valence-corrected chi connectivity index (χ1v) is 14.9. The van der Waals surface area contributed by atoms with E-state index in [0.29, 0.717) is 16.5 Å². The molecular formula is C17H19N9O7S4. The lowest BCUT2D eigenvalue weighted by Gasteiger charge is -2.49. The minimum absolute atomic E-state index is 0.0153. The third-order valence-corrected chi connectivity index (χ3v) is 8.80. The number of amides is 2. The number of carboxylic acid groups (broad SMARTS) is 1. The molecule has 0 aliphatic carbocycles. The van der Waals surface area contributed by atoms with Gasteiger partial charge in [0, 0.05) is 23.9 Å². The summed E-state index contributed by atoms with van der Waals surface area (Å²) in [6.45, 7) is 0. The summed E-state index contributed by atoms with van der Waals surface area (Å²) >= 11 is 3.47. The number of oxime groups is 1. The van der Waals surface area contributed by atoms with Gasteiger partial charge in [0.2, 0.25) is 15.2 Å². The average Bonchev–Trinajstić information content (AvgIpc) is 3.45. The molecule has 37 heavy (non-hydrogen) atoms. The number of thiazole rings is 1. The molecule has 0 radical (unpaired) electrons. The highest BCUT2D eigenvalue weighted by Gasteiger charge is 2.54. The number of sulfonamides is 1. The second-order valence-electron chi connectivity index (χ2n) is 7.53. The number of fused-ring (bicyclic) bond motifs is 1. The van der Waals surface area contributed by atoms with E-state index in [4.69, 9.17) is 4.84 Å². The topological polar surface area (TPSA) is 211 Å². The predicted octanol–water partition coefficient (Wildman–Crippen LogP) is -1.08. The summed E-state index contributed by atoms with van der Waals surface area (Å²) in [6, 6.07) is -1.02. The van der Waals surface area contributed by atoms with Gasteiger partial charge < -0.3 is 15.3 Å². The Morgan fingerprint density at radius 2 is 2.16 bits per heavy atom. The molecule has 2 atom stereocenters. The summed E-state index contributed by atoms with van der Waals surface area (Å²) in [4.78, 5) is 47.9. The SMILES string of the molecule is CO/N=C(/C(=O)NC1C(=O)N2C(C(=O)O)=C(CSc3nnnn3C)CS[C@H]12)c1csc(NS(C)(=O)=O)n1. The molecule has 4 rings (SSSR count). The Balaban J connectivity index is 1.48. The largest absolute Gasteiger partial charge is 0.477 e. The Morgan fingerprint density at radius 3 is 2.78 bits per heavy atom. The smallest absolute Gasteiger partial charge is 0.352 e. The molecule has 4 heterocycles. The predicted molar refractivity (Wildman–Crippen MR) is 133 cm³/mol. The third kappa shape index (κ3) is 5.70. The van der Waals surface area contributed by atoms with Crippen molar-refractivity contribution in [1.29, 1.82) is 0 Å². The molecule has 2 aromatic heterocycles. The molecule has 1 saturated heterocycles. The zero-order chi connectivity index (χ0) is 26.9. The van der Waals surface area contributed by atoms with E-state index in [1.165, 1.54) is 40.7 Å². The number of hydrogen-bond acceptors (Lipinski definition) is 14. The van der Waals surface area contributed by atoms with E-state index in [2.05, 4.69) is 35.7 Å². The third-order valence-electron chi connectivity index (χ3n) is 4.91. The van der Waals surface area contributed by atoms with Crippen LogP contribution in [0.5, 0.6) is 0 Å². The van der Waals surface area contributed by atoms with Crippen molar-refractivity contribution in [3.05, 3.63) is 22.3 Å². The molecule has 2 aliphatic heterocycles. The van der Waals surface area contributed by atoms with Gasteiger partial charge >= 0.3 is 5.97 Å². The van der Waals surface area contributed by atoms with Gasteiger partial charge in [-0.05, 0) is 16.0 Å². The van der Waals surface area contributed by atoms with E-state index in [-0.39, 0.29) is 28.0 Å². The van der Waals surface area contributed by atoms with Gasteiger partial charge in [-0.2, -0.15) is 0 Å². The summed E-state index contributed by atoms with van der Waals surface area (Å²) in [5, 5.41) is 28.4. The van der Waals surface area contributed by atoms with E-state index in [9.17, 15) is 27.9 Å². The van der Waals surface area contributed by atoms with Gasteiger partial charge in [-0.3, -0.25) is 19.2 Å². The zero-order valence-corrected chi connectivity index (χ0v) is 22.6. The number of anilines is 1. The summed E-state index contributed by atoms with van der Waals surface area (Å²) < 4.78 is 26.5. The van der Waals surface area contributed by atoms with Crippen LogP contribution in [0.2, 0.25) is 0 Å². The van der Waals surface area contributed by atoms with Crippen molar-refractivity contribution in [2.24, 2.45) is 12.2 Å². The quantitative estimate of drug-likeness (QED) is 0.130. The molecule has 0 aromatic carbocycles. The Kier molecular flexibility index (Phi) is 7.71. The molecule has 1 unspecified atom stereocenters. The monoisotopic (exact) mass is 589 g/mol. The van der Waals surface area contributed by atoms with Crippen molar-refractivity contribution < 1.29 is 32.7 Å². The normalized spacial score (nSPS) is 19.8. The molecule has 2 amide bonds. The number of hydrogen-bond donors (Lipinski definition) is 3. The molecule has 1 fully saturated rings. The van der Waals surface area contributed by atoms with E-state index in [0.717, 1.165) is 22.5 Å². The van der Waals surface area contributed by atoms with Crippen LogP contribution in [0, 0.1) is 0 Å². The molecular weight excluding hydrogens is 571 g/mol. The fraction of sp³-hybridized carbons (Fsp3) is 0.412. The highest BCUT2D eigenvalue weighted by molar-refractivity contribution is 8.01. The number of nitrogens with zero attached hydrogens (tertiary/aromatic N) is 7. The number of tetrazole rings is 1. The number of carboxylic acids is 1. The van der Waals surface area contributed by atoms with Crippen molar-refractivity contribution in [3.63, 3.8) is 0 Å². The molecule has 2 aromatic rings. The van der Waals surface area contributed by atoms with Crippen molar-refractivity contribution in [1.82, 2.24) is 35.4 Å². The number of carbonyl (C=O) groups is 3. The Morgan fingerprint density at radius 1 is 1.41 bits per heavy atom. The van der Waals surface area contributed by atoms with Crippen LogP contribution in [-0.4, -0.2) is 103 Å². The van der Waals surface area contributed by atoms with E-state index < -0.39 is 39.2 Å². The summed E-state index contributed by atoms with van der Waals surface area (Å²) in [5.41, 5.74) is 0.133. The van der Waals surface area contributed by atoms with Gasteiger partial charge in [-0.25, -0.2) is 22.9 Å². The van der Waals surface area contributed by atoms with Crippen molar-refractivity contribution in [2.45, 2.75) is 16.6 Å². The molecule has 16 nitrogen and oxygen atoms in total. The molecule has 20 heteroatoms. The lowest BCUT2D eigenvalue weighted by molar-refractivity contribution is -0.150. The van der Waals surface area contributed by atoms with E-state index in [1.54, 1.807) is 7.05 Å². The van der Waals surface area contributed by atoms with Gasteiger partial charge in [0.05, 0.1) is 6.26 Å². The van der Waals surface area contributed by atoms with Crippen molar-refractivity contribution in [3.8, 4) is 0 Å². The lowest BCUT2D eigenvalue weighted by Crippen LogP contribution is -2.71. The highest BCUT2D eigenvalue weighted by atomic mass is 32.2. The van der Waals surface area contributed by atoms with Crippen LogP contribution in [0.1, 0.15) is 5.69 Å². The van der Waals surface area contributed by atoms with Gasteiger partial charge in [0.1, 0.15) is 29.9 Å². The number of nitrogens with one attached hydrogen (secondary N) is 2. The van der Waals surface area contributed by atoms with Crippen LogP contribution in [0.4, 0.5) is 5.13 Å². The summed E-state index contributed by atoms with van der Waals surface area (Å²) in [6.07, 6.45) is 0.956. The Hall–Kier alpha value is -3.23. The number of carbonyl (C=O) groups excluding carboxylic acids is 2. The van der Waals surface area contributed by atoms with Crippen molar-refractivity contribution in [2.75, 3.05) is 29.6 Å². The van der Waals surface area contributed by atoms with Gasteiger partial charge in [0.15, 0.2) is 10.8 Å².